The summed E-state index contributed by atoms with van der Waals surface area (Å²) in [6.07, 6.45) is 3.45. The maximum absolute atomic E-state index is 12.5. The van der Waals surface area contributed by atoms with E-state index < -0.39 is 0 Å². The van der Waals surface area contributed by atoms with Crippen molar-refractivity contribution in [1.82, 2.24) is 34.4 Å². The second kappa shape index (κ2) is 5.38. The van der Waals surface area contributed by atoms with Crippen LogP contribution in [0.4, 0.5) is 0 Å². The Balaban J connectivity index is 1.57. The standard InChI is InChI=1S/C15H15N7OS/c1-8-18-12-11(4-5-16-13(12)21(8)3)14(23)17-6-10-7-22-15(19-10)24-9(2)20-22/h4-5,7H,6H2,1-3H3,(H,17,23). The highest BCUT2D eigenvalue weighted by Gasteiger charge is 2.16. The number of carbonyl (C=O) groups excluding carboxylic acids is 1. The molecule has 0 saturated heterocycles. The number of rotatable bonds is 3. The smallest absolute Gasteiger partial charge is 0.253 e. The Hall–Kier alpha value is -2.81. The minimum atomic E-state index is -0.194. The van der Waals surface area contributed by atoms with Crippen LogP contribution in [0.2, 0.25) is 0 Å². The largest absolute Gasteiger partial charge is 0.346 e. The van der Waals surface area contributed by atoms with Crippen LogP contribution in [0.1, 0.15) is 26.9 Å². The fraction of sp³-hybridized carbons (Fsp3) is 0.267. The molecule has 8 nitrogen and oxygen atoms in total. The zero-order valence-electron chi connectivity index (χ0n) is 13.4. The maximum Gasteiger partial charge on any atom is 0.253 e. The van der Waals surface area contributed by atoms with Crippen molar-refractivity contribution in [3.63, 3.8) is 0 Å². The van der Waals surface area contributed by atoms with Gasteiger partial charge in [-0.05, 0) is 19.9 Å². The van der Waals surface area contributed by atoms with E-state index in [0.717, 1.165) is 21.5 Å². The van der Waals surface area contributed by atoms with E-state index in [4.69, 9.17) is 0 Å². The molecule has 0 aliphatic carbocycles. The Labute approximate surface area is 141 Å². The number of fused-ring (bicyclic) bond motifs is 2. The van der Waals surface area contributed by atoms with E-state index in [2.05, 4.69) is 25.4 Å². The number of aromatic nitrogens is 6. The van der Waals surface area contributed by atoms with Crippen LogP contribution in [0.25, 0.3) is 16.1 Å². The first-order valence-electron chi connectivity index (χ1n) is 7.41. The first kappa shape index (κ1) is 14.8. The highest BCUT2D eigenvalue weighted by molar-refractivity contribution is 7.16. The fourth-order valence-corrected chi connectivity index (χ4v) is 3.31. The van der Waals surface area contributed by atoms with Crippen molar-refractivity contribution in [2.24, 2.45) is 7.05 Å². The van der Waals surface area contributed by atoms with Crippen molar-refractivity contribution in [2.75, 3.05) is 0 Å². The van der Waals surface area contributed by atoms with Crippen molar-refractivity contribution in [3.05, 3.63) is 40.5 Å². The molecule has 0 aliphatic heterocycles. The highest BCUT2D eigenvalue weighted by atomic mass is 32.1. The second-order valence-corrected chi connectivity index (χ2v) is 6.67. The maximum atomic E-state index is 12.5. The number of carbonyl (C=O) groups is 1. The lowest BCUT2D eigenvalue weighted by atomic mass is 10.2. The van der Waals surface area contributed by atoms with Crippen molar-refractivity contribution in [1.29, 1.82) is 0 Å². The SMILES string of the molecule is Cc1nn2cc(CNC(=O)c3ccnc4c3nc(C)n4C)nc2s1. The number of hydrogen-bond acceptors (Lipinski definition) is 6. The molecule has 4 aromatic heterocycles. The quantitative estimate of drug-likeness (QED) is 0.611. The molecule has 0 unspecified atom stereocenters. The lowest BCUT2D eigenvalue weighted by molar-refractivity contribution is 0.0952. The molecular formula is C15H15N7OS. The summed E-state index contributed by atoms with van der Waals surface area (Å²) in [6, 6.07) is 1.68. The number of pyridine rings is 1. The van der Waals surface area contributed by atoms with E-state index in [1.165, 1.54) is 11.3 Å². The molecule has 4 rings (SSSR count). The van der Waals surface area contributed by atoms with Gasteiger partial charge in [0, 0.05) is 13.2 Å². The Kier molecular flexibility index (Phi) is 3.31. The Bertz CT molecular complexity index is 1040. The van der Waals surface area contributed by atoms with E-state index in [1.54, 1.807) is 16.8 Å². The van der Waals surface area contributed by atoms with Gasteiger partial charge in [0.25, 0.3) is 5.91 Å². The Morgan fingerprint density at radius 2 is 2.17 bits per heavy atom. The normalized spacial score (nSPS) is 11.5. The molecule has 4 heterocycles. The van der Waals surface area contributed by atoms with Gasteiger partial charge in [0.2, 0.25) is 4.96 Å². The average Bonchev–Trinajstić information content (AvgIpc) is 3.17. The number of imidazole rings is 2. The molecule has 0 bridgehead atoms. The summed E-state index contributed by atoms with van der Waals surface area (Å²) in [5, 5.41) is 8.15. The van der Waals surface area contributed by atoms with E-state index in [0.29, 0.717) is 23.3 Å². The van der Waals surface area contributed by atoms with Gasteiger partial charge in [0.1, 0.15) is 16.3 Å². The number of hydrogen-bond donors (Lipinski definition) is 1. The second-order valence-electron chi connectivity index (χ2n) is 5.51. The summed E-state index contributed by atoms with van der Waals surface area (Å²) < 4.78 is 3.60. The van der Waals surface area contributed by atoms with Gasteiger partial charge >= 0.3 is 0 Å². The molecule has 24 heavy (non-hydrogen) atoms. The van der Waals surface area contributed by atoms with Gasteiger partial charge in [-0.25, -0.2) is 19.5 Å². The fourth-order valence-electron chi connectivity index (χ4n) is 2.57. The molecule has 4 aromatic rings. The van der Waals surface area contributed by atoms with Crippen LogP contribution in [0.15, 0.2) is 18.5 Å². The summed E-state index contributed by atoms with van der Waals surface area (Å²) in [4.78, 5) is 26.5. The monoisotopic (exact) mass is 341 g/mol. The van der Waals surface area contributed by atoms with Crippen molar-refractivity contribution in [3.8, 4) is 0 Å². The summed E-state index contributed by atoms with van der Waals surface area (Å²) >= 11 is 1.52. The molecule has 0 radical (unpaired) electrons. The Morgan fingerprint density at radius 1 is 1.33 bits per heavy atom. The molecule has 0 saturated carbocycles. The van der Waals surface area contributed by atoms with Gasteiger partial charge < -0.3 is 9.88 Å². The topological polar surface area (TPSA) is 90.0 Å². The van der Waals surface area contributed by atoms with Gasteiger partial charge in [0.15, 0.2) is 5.65 Å². The number of nitrogens with zero attached hydrogens (tertiary/aromatic N) is 6. The lowest BCUT2D eigenvalue weighted by Crippen LogP contribution is -2.23. The molecular weight excluding hydrogens is 326 g/mol. The third-order valence-electron chi connectivity index (χ3n) is 3.85. The molecule has 1 N–H and O–H groups in total. The first-order valence-corrected chi connectivity index (χ1v) is 8.22. The summed E-state index contributed by atoms with van der Waals surface area (Å²) in [5.41, 5.74) is 2.59. The molecule has 1 amide bonds. The third kappa shape index (κ3) is 2.33. The van der Waals surface area contributed by atoms with Gasteiger partial charge in [-0.3, -0.25) is 4.79 Å². The number of aryl methyl sites for hydroxylation is 3. The molecule has 0 fully saturated rings. The molecule has 122 valence electrons. The van der Waals surface area contributed by atoms with Crippen LogP contribution < -0.4 is 5.32 Å². The van der Waals surface area contributed by atoms with Crippen LogP contribution in [0.5, 0.6) is 0 Å². The van der Waals surface area contributed by atoms with Gasteiger partial charge in [-0.15, -0.1) is 0 Å². The van der Waals surface area contributed by atoms with Crippen LogP contribution in [0.3, 0.4) is 0 Å². The molecule has 0 aromatic carbocycles. The van der Waals surface area contributed by atoms with E-state index in [1.807, 2.05) is 31.7 Å². The zero-order chi connectivity index (χ0) is 16.8. The van der Waals surface area contributed by atoms with Crippen LogP contribution in [0, 0.1) is 13.8 Å². The van der Waals surface area contributed by atoms with E-state index in [9.17, 15) is 4.79 Å². The molecule has 9 heteroatoms. The Morgan fingerprint density at radius 3 is 2.96 bits per heavy atom. The van der Waals surface area contributed by atoms with Crippen molar-refractivity contribution in [2.45, 2.75) is 20.4 Å². The summed E-state index contributed by atoms with van der Waals surface area (Å²) in [6.45, 7) is 4.16. The highest BCUT2D eigenvalue weighted by Crippen LogP contribution is 2.17. The minimum absolute atomic E-state index is 0.194. The van der Waals surface area contributed by atoms with Gasteiger partial charge in [-0.1, -0.05) is 11.3 Å². The van der Waals surface area contributed by atoms with Gasteiger partial charge in [-0.2, -0.15) is 5.10 Å². The van der Waals surface area contributed by atoms with E-state index >= 15 is 0 Å². The molecule has 0 atom stereocenters. The summed E-state index contributed by atoms with van der Waals surface area (Å²) in [7, 11) is 1.88. The molecule has 0 aliphatic rings. The minimum Gasteiger partial charge on any atom is -0.346 e. The van der Waals surface area contributed by atoms with Gasteiger partial charge in [0.05, 0.1) is 24.0 Å². The first-order chi connectivity index (χ1) is 11.5. The average molecular weight is 341 g/mol. The zero-order valence-corrected chi connectivity index (χ0v) is 14.3. The predicted molar refractivity (Wildman–Crippen MR) is 90.0 cm³/mol. The number of nitrogens with one attached hydrogen (secondary N) is 1. The lowest BCUT2D eigenvalue weighted by Gasteiger charge is -2.04. The third-order valence-corrected chi connectivity index (χ3v) is 4.69. The van der Waals surface area contributed by atoms with E-state index in [-0.39, 0.29) is 5.91 Å². The predicted octanol–water partition coefficient (Wildman–Crippen LogP) is 1.62. The van der Waals surface area contributed by atoms with Crippen molar-refractivity contribution >= 4 is 33.4 Å². The van der Waals surface area contributed by atoms with Crippen LogP contribution in [-0.4, -0.2) is 35.0 Å². The van der Waals surface area contributed by atoms with Crippen LogP contribution >= 0.6 is 11.3 Å². The van der Waals surface area contributed by atoms with Crippen LogP contribution in [-0.2, 0) is 13.6 Å². The van der Waals surface area contributed by atoms with Crippen molar-refractivity contribution < 1.29 is 4.79 Å². The number of amides is 1. The molecule has 0 spiro atoms. The summed E-state index contributed by atoms with van der Waals surface area (Å²) in [5.74, 6) is 0.620.